The summed E-state index contributed by atoms with van der Waals surface area (Å²) in [5, 5.41) is 2.44. The lowest BCUT2D eigenvalue weighted by atomic mass is 9.90. The van der Waals surface area contributed by atoms with Gasteiger partial charge in [-0.25, -0.2) is 0 Å². The Hall–Kier alpha value is -1.82. The highest BCUT2D eigenvalue weighted by Crippen LogP contribution is 2.25. The first-order valence-corrected chi connectivity index (χ1v) is 10.3. The molecule has 0 amide bonds. The number of benzene rings is 2. The van der Waals surface area contributed by atoms with Gasteiger partial charge in [0, 0.05) is 0 Å². The summed E-state index contributed by atoms with van der Waals surface area (Å²) >= 11 is 0. The van der Waals surface area contributed by atoms with E-state index in [2.05, 4.69) is 83.7 Å². The topological polar surface area (TPSA) is 0 Å². The molecule has 2 atom stereocenters. The van der Waals surface area contributed by atoms with Gasteiger partial charge in [-0.15, -0.1) is 0 Å². The van der Waals surface area contributed by atoms with Crippen LogP contribution in [0.2, 0.25) is 0 Å². The zero-order valence-electron chi connectivity index (χ0n) is 17.4. The van der Waals surface area contributed by atoms with E-state index in [9.17, 15) is 0 Å². The van der Waals surface area contributed by atoms with Gasteiger partial charge in [0.25, 0.3) is 0 Å². The predicted molar refractivity (Wildman–Crippen MR) is 117 cm³/mol. The van der Waals surface area contributed by atoms with E-state index in [4.69, 9.17) is 0 Å². The van der Waals surface area contributed by atoms with Crippen molar-refractivity contribution in [3.63, 3.8) is 0 Å². The Labute approximate surface area is 160 Å². The van der Waals surface area contributed by atoms with Gasteiger partial charge in [0.05, 0.1) is 0 Å². The van der Waals surface area contributed by atoms with Gasteiger partial charge in [0.2, 0.25) is 0 Å². The maximum absolute atomic E-state index is 4.23. The molecule has 140 valence electrons. The summed E-state index contributed by atoms with van der Waals surface area (Å²) in [5.41, 5.74) is 5.82. The van der Waals surface area contributed by atoms with Crippen LogP contribution >= 0.6 is 0 Å². The van der Waals surface area contributed by atoms with Gasteiger partial charge in [-0.05, 0) is 77.1 Å². The lowest BCUT2D eigenvalue weighted by molar-refractivity contribution is 0.732. The van der Waals surface area contributed by atoms with Crippen LogP contribution in [-0.4, -0.2) is 0 Å². The highest BCUT2D eigenvalue weighted by molar-refractivity contribution is 5.38. The molecule has 2 rings (SSSR count). The zero-order valence-corrected chi connectivity index (χ0v) is 17.4. The third-order valence-electron chi connectivity index (χ3n) is 5.74. The van der Waals surface area contributed by atoms with Crippen LogP contribution in [-0.2, 0) is 6.42 Å². The second-order valence-electron chi connectivity index (χ2n) is 7.90. The number of hydrogen-bond donors (Lipinski definition) is 0. The fourth-order valence-corrected chi connectivity index (χ4v) is 3.53. The first-order chi connectivity index (χ1) is 12.5. The predicted octanol–water partition coefficient (Wildman–Crippen LogP) is 6.24. The largest absolute Gasteiger partial charge is 0.0912 e. The molecule has 2 aromatic carbocycles. The molecule has 0 N–H and O–H groups in total. The Morgan fingerprint density at radius 2 is 1.77 bits per heavy atom. The van der Waals surface area contributed by atoms with Crippen molar-refractivity contribution in [1.82, 2.24) is 0 Å². The molecule has 2 unspecified atom stereocenters. The molecule has 2 aromatic rings. The lowest BCUT2D eigenvalue weighted by Crippen LogP contribution is -2.23. The number of rotatable bonds is 8. The number of hydrogen-bond acceptors (Lipinski definition) is 0. The van der Waals surface area contributed by atoms with E-state index in [0.29, 0.717) is 11.8 Å². The van der Waals surface area contributed by atoms with Crippen molar-refractivity contribution < 1.29 is 0 Å². The van der Waals surface area contributed by atoms with Crippen LogP contribution in [0.3, 0.4) is 0 Å². The maximum atomic E-state index is 4.23. The zero-order chi connectivity index (χ0) is 19.1. The molecule has 0 spiro atoms. The lowest BCUT2D eigenvalue weighted by Gasteiger charge is -2.15. The molecule has 0 aromatic heterocycles. The summed E-state index contributed by atoms with van der Waals surface area (Å²) in [4.78, 5) is 0. The summed E-state index contributed by atoms with van der Waals surface area (Å²) in [6, 6.07) is 13.8. The monoisotopic (exact) mass is 348 g/mol. The molecule has 0 aliphatic heterocycles. The third-order valence-corrected chi connectivity index (χ3v) is 5.74. The summed E-state index contributed by atoms with van der Waals surface area (Å²) in [5.74, 6) is 1.14. The summed E-state index contributed by atoms with van der Waals surface area (Å²) in [6.07, 6.45) is 8.35. The van der Waals surface area contributed by atoms with E-state index in [1.807, 2.05) is 0 Å². The number of aryl methyl sites for hydroxylation is 2. The maximum Gasteiger partial charge on any atom is -0.0153 e. The van der Waals surface area contributed by atoms with Gasteiger partial charge in [-0.3, -0.25) is 0 Å². The second kappa shape index (κ2) is 9.76. The third kappa shape index (κ3) is 5.34. The fourth-order valence-electron chi connectivity index (χ4n) is 3.53. The molecule has 0 aliphatic carbocycles. The average molecular weight is 349 g/mol. The molecule has 0 bridgehead atoms. The molecule has 0 nitrogen and oxygen atoms in total. The summed E-state index contributed by atoms with van der Waals surface area (Å²) < 4.78 is 0. The highest BCUT2D eigenvalue weighted by Gasteiger charge is 2.09. The van der Waals surface area contributed by atoms with Gasteiger partial charge in [0.15, 0.2) is 0 Å². The van der Waals surface area contributed by atoms with Gasteiger partial charge >= 0.3 is 0 Å². The minimum Gasteiger partial charge on any atom is -0.0912 e. The first kappa shape index (κ1) is 20.5. The molecular formula is C26H36. The normalized spacial score (nSPS) is 14.4. The molecular weight excluding hydrogens is 312 g/mol. The van der Waals surface area contributed by atoms with Crippen molar-refractivity contribution in [2.45, 2.75) is 78.6 Å². The van der Waals surface area contributed by atoms with E-state index in [0.717, 1.165) is 11.6 Å². The average Bonchev–Trinajstić information content (AvgIpc) is 2.65. The Morgan fingerprint density at radius 1 is 1.00 bits per heavy atom. The standard InChI is InChI=1S/C26H36/c1-7-9-10-23-14-11-21(5)26(17-23)22(6)13-16-25-18-24(19(3)8-2)15-12-20(25)4/h11-12,14-19,22H,4,7-10,13H2,1-3,5-6H3. The molecule has 0 fully saturated rings. The Balaban J connectivity index is 2.24. The smallest absolute Gasteiger partial charge is 0.0153 e. The van der Waals surface area contributed by atoms with E-state index < -0.39 is 0 Å². The van der Waals surface area contributed by atoms with Gasteiger partial charge in [0.1, 0.15) is 0 Å². The number of unbranched alkanes of at least 4 members (excludes halogenated alkanes) is 1. The highest BCUT2D eigenvalue weighted by atomic mass is 14.1. The van der Waals surface area contributed by atoms with Crippen LogP contribution in [0.1, 0.15) is 87.5 Å². The molecule has 0 radical (unpaired) electrons. The van der Waals surface area contributed by atoms with Gasteiger partial charge in [-0.2, -0.15) is 0 Å². The molecule has 0 heteroatoms. The Morgan fingerprint density at radius 3 is 2.46 bits per heavy atom. The van der Waals surface area contributed by atoms with Crippen LogP contribution in [0.15, 0.2) is 36.4 Å². The fraction of sp³-hybridized carbons (Fsp3) is 0.462. The van der Waals surface area contributed by atoms with Crippen LogP contribution in [0.4, 0.5) is 0 Å². The van der Waals surface area contributed by atoms with Crippen molar-refractivity contribution in [1.29, 1.82) is 0 Å². The Kier molecular flexibility index (Phi) is 7.69. The Bertz CT molecular complexity index is 812. The van der Waals surface area contributed by atoms with Crippen LogP contribution in [0, 0.1) is 6.92 Å². The SMILES string of the molecule is C=c1ccc(C(C)CC)cc1=CCC(C)c1cc(CCCC)ccc1C. The van der Waals surface area contributed by atoms with Crippen molar-refractivity contribution in [2.24, 2.45) is 0 Å². The van der Waals surface area contributed by atoms with Crippen molar-refractivity contribution in [2.75, 3.05) is 0 Å². The van der Waals surface area contributed by atoms with Crippen LogP contribution < -0.4 is 10.4 Å². The molecule has 0 aliphatic rings. The van der Waals surface area contributed by atoms with Crippen molar-refractivity contribution in [3.8, 4) is 0 Å². The molecule has 0 saturated carbocycles. The van der Waals surface area contributed by atoms with Gasteiger partial charge < -0.3 is 0 Å². The van der Waals surface area contributed by atoms with Gasteiger partial charge in [-0.1, -0.05) is 83.2 Å². The van der Waals surface area contributed by atoms with Crippen LogP contribution in [0.25, 0.3) is 12.7 Å². The van der Waals surface area contributed by atoms with E-state index >= 15 is 0 Å². The summed E-state index contributed by atoms with van der Waals surface area (Å²) in [6.45, 7) is 15.6. The van der Waals surface area contributed by atoms with Crippen molar-refractivity contribution in [3.05, 3.63) is 69.1 Å². The molecule has 26 heavy (non-hydrogen) atoms. The molecule has 0 saturated heterocycles. The minimum absolute atomic E-state index is 0.531. The quantitative estimate of drug-likeness (QED) is 0.530. The molecule has 0 heterocycles. The van der Waals surface area contributed by atoms with E-state index in [1.165, 1.54) is 53.2 Å². The minimum atomic E-state index is 0.531. The summed E-state index contributed by atoms with van der Waals surface area (Å²) in [7, 11) is 0. The first-order valence-electron chi connectivity index (χ1n) is 10.3. The van der Waals surface area contributed by atoms with E-state index in [1.54, 1.807) is 0 Å². The second-order valence-corrected chi connectivity index (χ2v) is 7.90. The van der Waals surface area contributed by atoms with E-state index in [-0.39, 0.29) is 0 Å². The van der Waals surface area contributed by atoms with Crippen molar-refractivity contribution >= 4 is 12.7 Å². The van der Waals surface area contributed by atoms with Crippen LogP contribution in [0.5, 0.6) is 0 Å².